The highest BCUT2D eigenvalue weighted by molar-refractivity contribution is 5.93. The summed E-state index contributed by atoms with van der Waals surface area (Å²) in [5.74, 6) is -1.64. The van der Waals surface area contributed by atoms with Crippen LogP contribution in [0.2, 0.25) is 0 Å². The predicted molar refractivity (Wildman–Crippen MR) is 108 cm³/mol. The first kappa shape index (κ1) is 22.3. The first-order chi connectivity index (χ1) is 14.2. The molecule has 0 aromatic heterocycles. The molecule has 0 bridgehead atoms. The van der Waals surface area contributed by atoms with Gasteiger partial charge in [0.2, 0.25) is 11.7 Å². The number of rotatable bonds is 8. The summed E-state index contributed by atoms with van der Waals surface area (Å²) in [5, 5.41) is 32.2. The van der Waals surface area contributed by atoms with Gasteiger partial charge >= 0.3 is 11.4 Å². The minimum absolute atomic E-state index is 0.175. The van der Waals surface area contributed by atoms with E-state index in [2.05, 4.69) is 15.5 Å². The molecule has 0 aliphatic rings. The van der Waals surface area contributed by atoms with Gasteiger partial charge in [-0.1, -0.05) is 0 Å². The van der Waals surface area contributed by atoms with Crippen LogP contribution in [0.3, 0.4) is 0 Å². The van der Waals surface area contributed by atoms with E-state index >= 15 is 0 Å². The SMILES string of the molecule is CCN(CC)c1ccc(/N=N/c2cc(F)c([N+](=O)[O-])cc2[N+](=O)[O-])c(NC(C)=O)c1. The number of hydrogen-bond acceptors (Lipinski definition) is 8. The summed E-state index contributed by atoms with van der Waals surface area (Å²) in [6.07, 6.45) is 0. The molecule has 2 aromatic rings. The summed E-state index contributed by atoms with van der Waals surface area (Å²) < 4.78 is 13.9. The lowest BCUT2D eigenvalue weighted by Crippen LogP contribution is -2.21. The number of nitrogens with zero attached hydrogens (tertiary/aromatic N) is 5. The number of carbonyl (C=O) groups is 1. The van der Waals surface area contributed by atoms with Gasteiger partial charge in [0, 0.05) is 31.8 Å². The van der Waals surface area contributed by atoms with Crippen molar-refractivity contribution in [2.45, 2.75) is 20.8 Å². The molecular formula is C18H19FN6O5. The van der Waals surface area contributed by atoms with Crippen LogP contribution in [-0.2, 0) is 4.79 Å². The third kappa shape index (κ3) is 5.10. The Hall–Kier alpha value is -3.96. The van der Waals surface area contributed by atoms with Gasteiger partial charge in [0.15, 0.2) is 5.69 Å². The lowest BCUT2D eigenvalue weighted by atomic mass is 10.2. The number of nitro groups is 2. The van der Waals surface area contributed by atoms with E-state index in [0.717, 1.165) is 18.8 Å². The van der Waals surface area contributed by atoms with Crippen molar-refractivity contribution >= 4 is 40.0 Å². The van der Waals surface area contributed by atoms with Crippen molar-refractivity contribution in [3.63, 3.8) is 0 Å². The Morgan fingerprint density at radius 2 is 1.63 bits per heavy atom. The largest absolute Gasteiger partial charge is 0.372 e. The summed E-state index contributed by atoms with van der Waals surface area (Å²) in [7, 11) is 0. The van der Waals surface area contributed by atoms with Gasteiger partial charge in [-0.2, -0.15) is 4.39 Å². The maximum absolute atomic E-state index is 13.9. The van der Waals surface area contributed by atoms with Crippen LogP contribution in [0.1, 0.15) is 20.8 Å². The Morgan fingerprint density at radius 1 is 1.03 bits per heavy atom. The number of hydrogen-bond donors (Lipinski definition) is 1. The number of amides is 1. The van der Waals surface area contributed by atoms with Crippen LogP contribution in [-0.4, -0.2) is 28.8 Å². The van der Waals surface area contributed by atoms with Gasteiger partial charge in [0.25, 0.3) is 0 Å². The van der Waals surface area contributed by atoms with Crippen molar-refractivity contribution in [3.05, 3.63) is 56.4 Å². The second-order valence-electron chi connectivity index (χ2n) is 6.06. The summed E-state index contributed by atoms with van der Waals surface area (Å²) >= 11 is 0. The zero-order valence-electron chi connectivity index (χ0n) is 16.5. The van der Waals surface area contributed by atoms with E-state index in [1.165, 1.54) is 6.92 Å². The molecule has 0 fully saturated rings. The molecule has 0 aliphatic carbocycles. The fourth-order valence-electron chi connectivity index (χ4n) is 2.70. The first-order valence-electron chi connectivity index (χ1n) is 8.88. The van der Waals surface area contributed by atoms with Gasteiger partial charge < -0.3 is 10.2 Å². The summed E-state index contributed by atoms with van der Waals surface area (Å²) in [6, 6.07) is 6.02. The van der Waals surface area contributed by atoms with Crippen LogP contribution < -0.4 is 10.2 Å². The molecule has 0 unspecified atom stereocenters. The molecule has 12 heteroatoms. The van der Waals surface area contributed by atoms with E-state index in [9.17, 15) is 29.4 Å². The second-order valence-corrected chi connectivity index (χ2v) is 6.06. The third-order valence-corrected chi connectivity index (χ3v) is 4.12. The fraction of sp³-hybridized carbons (Fsp3) is 0.278. The highest BCUT2D eigenvalue weighted by Gasteiger charge is 2.25. The highest BCUT2D eigenvalue weighted by atomic mass is 19.1. The molecule has 0 heterocycles. The molecule has 0 spiro atoms. The number of anilines is 2. The number of azo groups is 1. The van der Waals surface area contributed by atoms with Gasteiger partial charge in [0.05, 0.1) is 21.6 Å². The van der Waals surface area contributed by atoms with Crippen molar-refractivity contribution in [1.82, 2.24) is 0 Å². The van der Waals surface area contributed by atoms with Crippen LogP contribution in [0.25, 0.3) is 0 Å². The Balaban J connectivity index is 2.53. The number of nitro benzene ring substituents is 2. The molecule has 0 radical (unpaired) electrons. The maximum atomic E-state index is 13.9. The molecule has 11 nitrogen and oxygen atoms in total. The molecule has 30 heavy (non-hydrogen) atoms. The average molecular weight is 418 g/mol. The van der Waals surface area contributed by atoms with E-state index in [4.69, 9.17) is 0 Å². The fourth-order valence-corrected chi connectivity index (χ4v) is 2.70. The quantitative estimate of drug-likeness (QED) is 0.368. The summed E-state index contributed by atoms with van der Waals surface area (Å²) in [5.41, 5.74) is -1.01. The average Bonchev–Trinajstić information content (AvgIpc) is 2.67. The Labute approximate surface area is 170 Å². The topological polar surface area (TPSA) is 143 Å². The number of benzene rings is 2. The zero-order valence-corrected chi connectivity index (χ0v) is 16.5. The second kappa shape index (κ2) is 9.49. The molecule has 2 rings (SSSR count). The molecule has 2 aromatic carbocycles. The molecule has 1 amide bonds. The molecule has 0 atom stereocenters. The number of nitrogens with one attached hydrogen (secondary N) is 1. The predicted octanol–water partition coefficient (Wildman–Crippen LogP) is 4.86. The smallest absolute Gasteiger partial charge is 0.311 e. The maximum Gasteiger partial charge on any atom is 0.311 e. The third-order valence-electron chi connectivity index (χ3n) is 4.12. The number of halogens is 1. The Morgan fingerprint density at radius 3 is 2.17 bits per heavy atom. The van der Waals surface area contributed by atoms with Crippen molar-refractivity contribution < 1.29 is 19.0 Å². The van der Waals surface area contributed by atoms with Crippen LogP contribution in [0.15, 0.2) is 40.6 Å². The standard InChI is InChI=1S/C18H19FN6O5/c1-4-23(5-2)12-6-7-14(15(8-12)20-11(3)26)21-22-16-9-13(19)17(24(27)28)10-18(16)25(29)30/h6-10H,4-5H2,1-3H3,(H,20,26)/b22-21+. The van der Waals surface area contributed by atoms with E-state index in [1.807, 2.05) is 18.7 Å². The van der Waals surface area contributed by atoms with Crippen molar-refractivity contribution in [2.24, 2.45) is 10.2 Å². The molecular weight excluding hydrogens is 399 g/mol. The van der Waals surface area contributed by atoms with Crippen LogP contribution in [0.5, 0.6) is 0 Å². The minimum Gasteiger partial charge on any atom is -0.372 e. The van der Waals surface area contributed by atoms with E-state index in [1.54, 1.807) is 18.2 Å². The molecule has 0 aliphatic heterocycles. The van der Waals surface area contributed by atoms with E-state index in [0.29, 0.717) is 17.8 Å². The van der Waals surface area contributed by atoms with Crippen LogP contribution in [0.4, 0.5) is 38.5 Å². The monoisotopic (exact) mass is 418 g/mol. The van der Waals surface area contributed by atoms with Crippen molar-refractivity contribution in [3.8, 4) is 0 Å². The molecule has 0 saturated carbocycles. The van der Waals surface area contributed by atoms with E-state index < -0.39 is 32.7 Å². The lowest BCUT2D eigenvalue weighted by Gasteiger charge is -2.22. The molecule has 0 saturated heterocycles. The van der Waals surface area contributed by atoms with E-state index in [-0.39, 0.29) is 11.6 Å². The van der Waals surface area contributed by atoms with Gasteiger partial charge in [-0.25, -0.2) is 0 Å². The van der Waals surface area contributed by atoms with Gasteiger partial charge in [0.1, 0.15) is 5.69 Å². The summed E-state index contributed by atoms with van der Waals surface area (Å²) in [6.45, 7) is 6.70. The van der Waals surface area contributed by atoms with Crippen molar-refractivity contribution in [1.29, 1.82) is 0 Å². The van der Waals surface area contributed by atoms with Gasteiger partial charge in [-0.15, -0.1) is 10.2 Å². The molecule has 158 valence electrons. The van der Waals surface area contributed by atoms with Gasteiger partial charge in [-0.05, 0) is 32.0 Å². The first-order valence-corrected chi connectivity index (χ1v) is 8.88. The summed E-state index contributed by atoms with van der Waals surface area (Å²) in [4.78, 5) is 33.6. The van der Waals surface area contributed by atoms with Crippen LogP contribution >= 0.6 is 0 Å². The normalized spacial score (nSPS) is 10.8. The van der Waals surface area contributed by atoms with Crippen molar-refractivity contribution in [2.75, 3.05) is 23.3 Å². The Bertz CT molecular complexity index is 1020. The van der Waals surface area contributed by atoms with Gasteiger partial charge in [-0.3, -0.25) is 25.0 Å². The van der Waals surface area contributed by atoms with Crippen LogP contribution in [0, 0.1) is 26.0 Å². The minimum atomic E-state index is -1.28. The number of carbonyl (C=O) groups excluding carboxylic acids is 1. The Kier molecular flexibility index (Phi) is 7.07. The zero-order chi connectivity index (χ0) is 22.4. The lowest BCUT2D eigenvalue weighted by molar-refractivity contribution is -0.395. The highest BCUT2D eigenvalue weighted by Crippen LogP contribution is 2.36. The molecule has 1 N–H and O–H groups in total.